The number of aryl methyl sites for hydroxylation is 2. The van der Waals surface area contributed by atoms with Crippen molar-refractivity contribution in [1.29, 1.82) is 0 Å². The Hall–Kier alpha value is -3.94. The second kappa shape index (κ2) is 8.54. The maximum Gasteiger partial charge on any atom is 0.359 e. The molecule has 0 spiro atoms. The number of aromatic nitrogens is 2. The van der Waals surface area contributed by atoms with Crippen molar-refractivity contribution in [2.24, 2.45) is 0 Å². The molecule has 0 fully saturated rings. The molecule has 2 aromatic carbocycles. The van der Waals surface area contributed by atoms with Crippen LogP contribution in [0.4, 0.5) is 5.69 Å². The first-order chi connectivity index (χ1) is 15.8. The van der Waals surface area contributed by atoms with Gasteiger partial charge in [0.25, 0.3) is 5.91 Å². The number of imidazole rings is 1. The average molecular weight is 447 g/mol. The van der Waals surface area contributed by atoms with Gasteiger partial charge in [0.15, 0.2) is 5.69 Å². The summed E-state index contributed by atoms with van der Waals surface area (Å²) in [6, 6.07) is 15.2. The molecule has 0 aliphatic carbocycles. The lowest BCUT2D eigenvalue weighted by Gasteiger charge is -2.44. The first-order valence-corrected chi connectivity index (χ1v) is 10.6. The van der Waals surface area contributed by atoms with E-state index in [1.165, 1.54) is 18.3 Å². The van der Waals surface area contributed by atoms with Crippen LogP contribution in [0.25, 0.3) is 0 Å². The molecule has 1 aromatic heterocycles. The van der Waals surface area contributed by atoms with Crippen LogP contribution in [0.15, 0.2) is 54.9 Å². The molecule has 170 valence electrons. The van der Waals surface area contributed by atoms with Gasteiger partial charge in [0.1, 0.15) is 11.2 Å². The van der Waals surface area contributed by atoms with Gasteiger partial charge in [-0.25, -0.2) is 9.78 Å². The highest BCUT2D eigenvalue weighted by Crippen LogP contribution is 2.36. The number of amides is 2. The number of ether oxygens (including phenoxy) is 1. The van der Waals surface area contributed by atoms with E-state index in [2.05, 4.69) is 10.3 Å². The van der Waals surface area contributed by atoms with Crippen LogP contribution in [0.2, 0.25) is 0 Å². The summed E-state index contributed by atoms with van der Waals surface area (Å²) in [5.41, 5.74) is 2.22. The normalized spacial score (nSPS) is 17.5. The van der Waals surface area contributed by atoms with E-state index in [0.717, 1.165) is 16.7 Å². The maximum absolute atomic E-state index is 13.8. The van der Waals surface area contributed by atoms with E-state index in [-0.39, 0.29) is 23.8 Å². The molecule has 4 rings (SSSR count). The number of carbonyl (C=O) groups is 3. The van der Waals surface area contributed by atoms with Crippen molar-refractivity contribution < 1.29 is 19.1 Å². The summed E-state index contributed by atoms with van der Waals surface area (Å²) in [7, 11) is 1.24. The largest absolute Gasteiger partial charge is 0.464 e. The van der Waals surface area contributed by atoms with Gasteiger partial charge in [0.2, 0.25) is 5.91 Å². The molecular weight excluding hydrogens is 420 g/mol. The van der Waals surface area contributed by atoms with E-state index in [0.29, 0.717) is 12.2 Å². The molecule has 1 N–H and O–H groups in total. The molecule has 2 heterocycles. The van der Waals surface area contributed by atoms with Gasteiger partial charge in [-0.3, -0.25) is 14.5 Å². The fourth-order valence-electron chi connectivity index (χ4n) is 4.28. The molecule has 8 nitrogen and oxygen atoms in total. The Morgan fingerprint density at radius 3 is 2.55 bits per heavy atom. The van der Waals surface area contributed by atoms with Gasteiger partial charge in [-0.1, -0.05) is 48.0 Å². The molecule has 33 heavy (non-hydrogen) atoms. The maximum atomic E-state index is 13.8. The predicted molar refractivity (Wildman–Crippen MR) is 123 cm³/mol. The van der Waals surface area contributed by atoms with E-state index >= 15 is 0 Å². The van der Waals surface area contributed by atoms with Gasteiger partial charge in [-0.15, -0.1) is 0 Å². The molecular formula is C25H26N4O4. The van der Waals surface area contributed by atoms with E-state index in [1.54, 1.807) is 11.5 Å². The number of hydrogen-bond donors (Lipinski definition) is 1. The quantitative estimate of drug-likeness (QED) is 0.608. The van der Waals surface area contributed by atoms with Crippen LogP contribution in [0.1, 0.15) is 44.6 Å². The summed E-state index contributed by atoms with van der Waals surface area (Å²) in [6.45, 7) is 6.04. The number of esters is 1. The number of carbonyl (C=O) groups excluding carboxylic acids is 3. The molecule has 8 heteroatoms. The second-order valence-corrected chi connectivity index (χ2v) is 8.43. The monoisotopic (exact) mass is 446 g/mol. The number of fused-ring (bicyclic) bond motifs is 1. The van der Waals surface area contributed by atoms with Gasteiger partial charge >= 0.3 is 5.97 Å². The number of anilines is 1. The number of nitrogens with one attached hydrogen (secondary N) is 1. The number of rotatable bonds is 5. The van der Waals surface area contributed by atoms with Crippen molar-refractivity contribution in [2.75, 3.05) is 12.0 Å². The fraction of sp³-hybridized carbons (Fsp3) is 0.280. The highest BCUT2D eigenvalue weighted by atomic mass is 16.5. The summed E-state index contributed by atoms with van der Waals surface area (Å²) >= 11 is 0. The Bertz CT molecular complexity index is 1230. The summed E-state index contributed by atoms with van der Waals surface area (Å²) in [6.07, 6.45) is 1.40. The zero-order chi connectivity index (χ0) is 23.8. The van der Waals surface area contributed by atoms with Gasteiger partial charge < -0.3 is 14.6 Å². The van der Waals surface area contributed by atoms with Crippen molar-refractivity contribution >= 4 is 23.5 Å². The number of benzene rings is 2. The van der Waals surface area contributed by atoms with E-state index in [9.17, 15) is 14.4 Å². The highest BCUT2D eigenvalue weighted by Gasteiger charge is 2.50. The molecule has 2 amide bonds. The minimum absolute atomic E-state index is 0.0657. The third-order valence-corrected chi connectivity index (χ3v) is 5.97. The number of methoxy groups -OCH3 is 1. The number of nitrogens with zero attached hydrogens (tertiary/aromatic N) is 3. The van der Waals surface area contributed by atoms with Crippen molar-refractivity contribution in [2.45, 2.75) is 39.4 Å². The molecule has 3 aromatic rings. The average Bonchev–Trinajstić information content (AvgIpc) is 3.22. The smallest absolute Gasteiger partial charge is 0.359 e. The summed E-state index contributed by atoms with van der Waals surface area (Å²) in [5.74, 6) is -1.49. The van der Waals surface area contributed by atoms with Crippen molar-refractivity contribution in [3.05, 3.63) is 82.9 Å². The van der Waals surface area contributed by atoms with Crippen molar-refractivity contribution in [3.8, 4) is 0 Å². The Morgan fingerprint density at radius 2 is 1.88 bits per heavy atom. The van der Waals surface area contributed by atoms with Crippen molar-refractivity contribution in [1.82, 2.24) is 14.9 Å². The zero-order valence-electron chi connectivity index (χ0n) is 19.1. The van der Waals surface area contributed by atoms with Crippen LogP contribution in [0.3, 0.4) is 0 Å². The SMILES string of the molecule is COC(=O)c1ncn2c1C(=O)N(c1ccc(C)cc1C)[C@](C)(C(=O)NCc1ccccc1)C2. The Labute approximate surface area is 192 Å². The molecule has 1 aliphatic rings. The Morgan fingerprint density at radius 1 is 1.15 bits per heavy atom. The molecule has 0 saturated carbocycles. The Balaban J connectivity index is 1.79. The predicted octanol–water partition coefficient (Wildman–Crippen LogP) is 3.02. The van der Waals surface area contributed by atoms with Crippen LogP contribution >= 0.6 is 0 Å². The number of hydrogen-bond acceptors (Lipinski definition) is 5. The minimum Gasteiger partial charge on any atom is -0.464 e. The molecule has 0 radical (unpaired) electrons. The van der Waals surface area contributed by atoms with Gasteiger partial charge in [-0.05, 0) is 38.0 Å². The van der Waals surface area contributed by atoms with E-state index < -0.39 is 17.4 Å². The van der Waals surface area contributed by atoms with Crippen LogP contribution in [0.5, 0.6) is 0 Å². The van der Waals surface area contributed by atoms with Gasteiger partial charge in [-0.2, -0.15) is 0 Å². The van der Waals surface area contributed by atoms with E-state index in [1.807, 2.05) is 62.4 Å². The lowest BCUT2D eigenvalue weighted by atomic mass is 9.92. The summed E-state index contributed by atoms with van der Waals surface area (Å²) < 4.78 is 6.36. The molecule has 0 bridgehead atoms. The standard InChI is InChI=1S/C25H26N4O4/c1-16-10-11-19(17(2)12-16)29-22(30)21-20(23(31)33-4)27-15-28(21)14-25(29,3)24(32)26-13-18-8-6-5-7-9-18/h5-12,15H,13-14H2,1-4H3,(H,26,32)/t25-/m0/s1. The minimum atomic E-state index is -1.26. The zero-order valence-corrected chi connectivity index (χ0v) is 19.1. The molecule has 0 unspecified atom stereocenters. The van der Waals surface area contributed by atoms with Gasteiger partial charge in [0, 0.05) is 12.2 Å². The van der Waals surface area contributed by atoms with Crippen LogP contribution in [0, 0.1) is 13.8 Å². The fourth-order valence-corrected chi connectivity index (χ4v) is 4.28. The first-order valence-electron chi connectivity index (χ1n) is 10.6. The molecule has 1 atom stereocenters. The highest BCUT2D eigenvalue weighted by molar-refractivity contribution is 6.15. The lowest BCUT2D eigenvalue weighted by molar-refractivity contribution is -0.126. The third kappa shape index (κ3) is 3.88. The second-order valence-electron chi connectivity index (χ2n) is 8.43. The lowest BCUT2D eigenvalue weighted by Crippen LogP contribution is -2.64. The summed E-state index contributed by atoms with van der Waals surface area (Å²) in [4.78, 5) is 45.2. The van der Waals surface area contributed by atoms with Crippen molar-refractivity contribution in [3.63, 3.8) is 0 Å². The topological polar surface area (TPSA) is 93.5 Å². The Kier molecular flexibility index (Phi) is 5.76. The third-order valence-electron chi connectivity index (χ3n) is 5.97. The summed E-state index contributed by atoms with van der Waals surface area (Å²) in [5, 5.41) is 2.97. The van der Waals surface area contributed by atoms with Crippen LogP contribution in [-0.2, 0) is 22.6 Å². The van der Waals surface area contributed by atoms with Crippen LogP contribution in [-0.4, -0.2) is 40.0 Å². The van der Waals surface area contributed by atoms with Crippen LogP contribution < -0.4 is 10.2 Å². The molecule has 0 saturated heterocycles. The first kappa shape index (κ1) is 22.3. The van der Waals surface area contributed by atoms with Gasteiger partial charge in [0.05, 0.1) is 20.0 Å². The van der Waals surface area contributed by atoms with E-state index in [4.69, 9.17) is 4.74 Å². The molecule has 1 aliphatic heterocycles.